The molecule has 0 bridgehead atoms. The lowest BCUT2D eigenvalue weighted by Crippen LogP contribution is -3.13. The third-order valence-corrected chi connectivity index (χ3v) is 4.96. The standard InChI is InChI=1S/C22H25N3O4/c1-3-12-24(15-20(26)23-18-10-6-7-11-19(18)29-2)13-14-25-21(27)16-8-4-5-9-17(16)22(25)28/h4-11H,3,12-15H2,1-2H3,(H,23,26)/p+1. The Kier molecular flexibility index (Phi) is 6.61. The number of carbonyl (C=O) groups is 3. The van der Waals surface area contributed by atoms with Crippen molar-refractivity contribution in [3.63, 3.8) is 0 Å². The van der Waals surface area contributed by atoms with Gasteiger partial charge in [0.05, 0.1) is 43.6 Å². The Morgan fingerprint density at radius 2 is 1.62 bits per heavy atom. The average Bonchev–Trinajstić information content (AvgIpc) is 2.97. The van der Waals surface area contributed by atoms with Gasteiger partial charge in [-0.05, 0) is 30.7 Å². The predicted molar refractivity (Wildman–Crippen MR) is 109 cm³/mol. The van der Waals surface area contributed by atoms with Crippen molar-refractivity contribution in [3.8, 4) is 5.75 Å². The van der Waals surface area contributed by atoms with Crippen LogP contribution in [0.15, 0.2) is 48.5 Å². The van der Waals surface area contributed by atoms with E-state index in [4.69, 9.17) is 4.74 Å². The van der Waals surface area contributed by atoms with E-state index in [1.165, 1.54) is 4.90 Å². The third kappa shape index (κ3) is 4.63. The molecule has 1 atom stereocenters. The highest BCUT2D eigenvalue weighted by atomic mass is 16.5. The predicted octanol–water partition coefficient (Wildman–Crippen LogP) is 1.22. The normalized spacial score (nSPS) is 13.9. The highest BCUT2D eigenvalue weighted by molar-refractivity contribution is 6.21. The monoisotopic (exact) mass is 396 g/mol. The van der Waals surface area contributed by atoms with E-state index in [9.17, 15) is 14.4 Å². The number of imide groups is 1. The van der Waals surface area contributed by atoms with Crippen LogP contribution < -0.4 is 15.0 Å². The molecule has 2 aromatic rings. The van der Waals surface area contributed by atoms with Gasteiger partial charge in [-0.2, -0.15) is 0 Å². The molecule has 3 amide bonds. The van der Waals surface area contributed by atoms with Gasteiger partial charge in [-0.1, -0.05) is 31.2 Å². The Balaban J connectivity index is 1.60. The van der Waals surface area contributed by atoms with Crippen molar-refractivity contribution in [2.45, 2.75) is 13.3 Å². The van der Waals surface area contributed by atoms with E-state index in [0.29, 0.717) is 29.1 Å². The molecule has 7 heteroatoms. The van der Waals surface area contributed by atoms with Crippen LogP contribution in [0.2, 0.25) is 0 Å². The fourth-order valence-electron chi connectivity index (χ4n) is 3.54. The van der Waals surface area contributed by atoms with Gasteiger partial charge in [0.15, 0.2) is 6.54 Å². The van der Waals surface area contributed by atoms with Gasteiger partial charge >= 0.3 is 0 Å². The summed E-state index contributed by atoms with van der Waals surface area (Å²) in [5.74, 6) is -0.0657. The number of nitrogens with zero attached hydrogens (tertiary/aromatic N) is 1. The lowest BCUT2D eigenvalue weighted by atomic mass is 10.1. The van der Waals surface area contributed by atoms with Crippen molar-refractivity contribution >= 4 is 23.4 Å². The molecule has 1 aliphatic rings. The molecule has 29 heavy (non-hydrogen) atoms. The number of methoxy groups -OCH3 is 1. The number of ether oxygens (including phenoxy) is 1. The van der Waals surface area contributed by atoms with E-state index < -0.39 is 0 Å². The second kappa shape index (κ2) is 9.34. The summed E-state index contributed by atoms with van der Waals surface area (Å²) in [7, 11) is 1.56. The number of benzene rings is 2. The van der Waals surface area contributed by atoms with Crippen molar-refractivity contribution in [1.82, 2.24) is 4.90 Å². The first-order valence-corrected chi connectivity index (χ1v) is 9.76. The first kappa shape index (κ1) is 20.5. The van der Waals surface area contributed by atoms with Crippen LogP contribution in [0, 0.1) is 0 Å². The molecule has 2 N–H and O–H groups in total. The van der Waals surface area contributed by atoms with Crippen LogP contribution in [0.5, 0.6) is 5.75 Å². The van der Waals surface area contributed by atoms with E-state index in [0.717, 1.165) is 17.9 Å². The Morgan fingerprint density at radius 1 is 1.00 bits per heavy atom. The lowest BCUT2D eigenvalue weighted by molar-refractivity contribution is -0.891. The fraction of sp³-hybridized carbons (Fsp3) is 0.318. The summed E-state index contributed by atoms with van der Waals surface area (Å²) in [6, 6.07) is 14.1. The summed E-state index contributed by atoms with van der Waals surface area (Å²) in [6.45, 7) is 3.85. The molecule has 0 aliphatic carbocycles. The summed E-state index contributed by atoms with van der Waals surface area (Å²) in [4.78, 5) is 39.8. The minimum atomic E-state index is -0.264. The maximum absolute atomic E-state index is 12.5. The molecular weight excluding hydrogens is 370 g/mol. The van der Waals surface area contributed by atoms with Crippen LogP contribution in [-0.4, -0.2) is 55.9 Å². The van der Waals surface area contributed by atoms with E-state index >= 15 is 0 Å². The molecule has 0 aromatic heterocycles. The maximum atomic E-state index is 12.5. The van der Waals surface area contributed by atoms with Crippen molar-refractivity contribution in [1.29, 1.82) is 0 Å². The van der Waals surface area contributed by atoms with Gasteiger partial charge in [0.1, 0.15) is 5.75 Å². The molecule has 0 saturated carbocycles. The molecule has 0 spiro atoms. The van der Waals surface area contributed by atoms with Crippen molar-refractivity contribution < 1.29 is 24.0 Å². The van der Waals surface area contributed by atoms with E-state index in [1.807, 2.05) is 19.1 Å². The number of fused-ring (bicyclic) bond motifs is 1. The van der Waals surface area contributed by atoms with Gasteiger partial charge in [-0.15, -0.1) is 0 Å². The number of carbonyl (C=O) groups excluding carboxylic acids is 3. The molecule has 0 saturated heterocycles. The average molecular weight is 396 g/mol. The summed E-state index contributed by atoms with van der Waals surface area (Å²) in [5.41, 5.74) is 1.52. The fourth-order valence-corrected chi connectivity index (χ4v) is 3.54. The molecular formula is C22H26N3O4+. The van der Waals surface area contributed by atoms with Crippen LogP contribution in [0.3, 0.4) is 0 Å². The molecule has 0 fully saturated rings. The number of nitrogens with one attached hydrogen (secondary N) is 2. The first-order chi connectivity index (χ1) is 14.0. The Labute approximate surface area is 170 Å². The Bertz CT molecular complexity index is 877. The molecule has 1 heterocycles. The van der Waals surface area contributed by atoms with Crippen molar-refractivity contribution in [2.75, 3.05) is 38.6 Å². The third-order valence-electron chi connectivity index (χ3n) is 4.96. The van der Waals surface area contributed by atoms with Gasteiger partial charge in [-0.3, -0.25) is 19.3 Å². The highest BCUT2D eigenvalue weighted by Gasteiger charge is 2.35. The topological polar surface area (TPSA) is 80.2 Å². The van der Waals surface area contributed by atoms with Crippen LogP contribution in [-0.2, 0) is 4.79 Å². The smallest absolute Gasteiger partial charge is 0.279 e. The van der Waals surface area contributed by atoms with Crippen LogP contribution in [0.1, 0.15) is 34.1 Å². The van der Waals surface area contributed by atoms with E-state index in [1.54, 1.807) is 43.5 Å². The lowest BCUT2D eigenvalue weighted by Gasteiger charge is -2.21. The number of para-hydroxylation sites is 2. The summed E-state index contributed by atoms with van der Waals surface area (Å²) in [6.07, 6.45) is 0.888. The van der Waals surface area contributed by atoms with Gasteiger partial charge in [0, 0.05) is 0 Å². The van der Waals surface area contributed by atoms with Crippen LogP contribution >= 0.6 is 0 Å². The summed E-state index contributed by atoms with van der Waals surface area (Å²) >= 11 is 0. The Morgan fingerprint density at radius 3 is 2.24 bits per heavy atom. The van der Waals surface area contributed by atoms with E-state index in [2.05, 4.69) is 5.32 Å². The van der Waals surface area contributed by atoms with Crippen molar-refractivity contribution in [2.24, 2.45) is 0 Å². The van der Waals surface area contributed by atoms with E-state index in [-0.39, 0.29) is 30.8 Å². The molecule has 0 radical (unpaired) electrons. The SMILES string of the molecule is CCC[NH+](CCN1C(=O)c2ccccc2C1=O)CC(=O)Nc1ccccc1OC. The number of amides is 3. The second-order valence-electron chi connectivity index (χ2n) is 6.98. The quantitative estimate of drug-likeness (QED) is 0.625. The molecule has 152 valence electrons. The van der Waals surface area contributed by atoms with Crippen molar-refractivity contribution in [3.05, 3.63) is 59.7 Å². The summed E-state index contributed by atoms with van der Waals surface area (Å²) in [5, 5.41) is 2.88. The molecule has 7 nitrogen and oxygen atoms in total. The van der Waals surface area contributed by atoms with Gasteiger partial charge in [-0.25, -0.2) is 0 Å². The number of hydrogen-bond acceptors (Lipinski definition) is 4. The van der Waals surface area contributed by atoms with Gasteiger partial charge < -0.3 is 15.0 Å². The van der Waals surface area contributed by atoms with Gasteiger partial charge in [0.25, 0.3) is 17.7 Å². The number of hydrogen-bond donors (Lipinski definition) is 2. The zero-order valence-corrected chi connectivity index (χ0v) is 16.7. The second-order valence-corrected chi connectivity index (χ2v) is 6.98. The molecule has 3 rings (SSSR count). The zero-order chi connectivity index (χ0) is 20.8. The molecule has 2 aromatic carbocycles. The summed E-state index contributed by atoms with van der Waals surface area (Å²) < 4.78 is 5.26. The molecule has 1 unspecified atom stereocenters. The maximum Gasteiger partial charge on any atom is 0.279 e. The minimum absolute atomic E-state index is 0.139. The minimum Gasteiger partial charge on any atom is -0.495 e. The highest BCUT2D eigenvalue weighted by Crippen LogP contribution is 2.23. The number of rotatable bonds is 9. The largest absolute Gasteiger partial charge is 0.495 e. The van der Waals surface area contributed by atoms with Crippen LogP contribution in [0.4, 0.5) is 5.69 Å². The zero-order valence-electron chi connectivity index (χ0n) is 16.7. The molecule has 1 aliphatic heterocycles. The first-order valence-electron chi connectivity index (χ1n) is 9.76. The number of anilines is 1. The Hall–Kier alpha value is -3.19. The van der Waals surface area contributed by atoms with Gasteiger partial charge in [0.2, 0.25) is 0 Å². The van der Waals surface area contributed by atoms with Crippen LogP contribution in [0.25, 0.3) is 0 Å². The number of quaternary nitrogens is 1.